The highest BCUT2D eigenvalue weighted by atomic mass is 32.2. The summed E-state index contributed by atoms with van der Waals surface area (Å²) >= 11 is 1.81. The number of carboxylic acid groups (broad SMARTS) is 1. The van der Waals surface area contributed by atoms with Crippen LogP contribution in [0.25, 0.3) is 0 Å². The van der Waals surface area contributed by atoms with Gasteiger partial charge in [-0.25, -0.2) is 4.79 Å². The number of pyridine rings is 1. The van der Waals surface area contributed by atoms with Gasteiger partial charge in [-0.05, 0) is 18.4 Å². The molecule has 0 spiro atoms. The summed E-state index contributed by atoms with van der Waals surface area (Å²) in [6.45, 7) is 3.74. The van der Waals surface area contributed by atoms with E-state index in [1.54, 1.807) is 23.9 Å². The number of aromatic nitrogens is 1. The van der Waals surface area contributed by atoms with Gasteiger partial charge in [0.25, 0.3) is 0 Å². The molecule has 1 heterocycles. The molecule has 1 aromatic heterocycles. The van der Waals surface area contributed by atoms with Crippen molar-refractivity contribution in [2.45, 2.75) is 18.7 Å². The van der Waals surface area contributed by atoms with E-state index in [1.807, 2.05) is 0 Å². The number of carbonyl (C=O) groups is 1. The fraction of sp³-hybridized carbons (Fsp3) is 0.455. The van der Waals surface area contributed by atoms with Crippen LogP contribution in [0.15, 0.2) is 18.3 Å². The summed E-state index contributed by atoms with van der Waals surface area (Å²) in [7, 11) is 0. The second-order valence-electron chi connectivity index (χ2n) is 3.52. The molecule has 0 bridgehead atoms. The third-order valence-corrected chi connectivity index (χ3v) is 3.18. The number of nitrogens with zero attached hydrogens (tertiary/aromatic N) is 1. The standard InChI is InChI=1S/C11H16N2O2S/c1-8(16-2)5-12-7-10-4-3-9(6-13-10)11(14)15/h3-4,6,8,12H,5,7H2,1-2H3,(H,14,15). The van der Waals surface area contributed by atoms with Crippen LogP contribution in [0.4, 0.5) is 0 Å². The van der Waals surface area contributed by atoms with E-state index in [9.17, 15) is 4.79 Å². The lowest BCUT2D eigenvalue weighted by Crippen LogP contribution is -2.22. The highest BCUT2D eigenvalue weighted by Gasteiger charge is 2.03. The molecular weight excluding hydrogens is 224 g/mol. The zero-order chi connectivity index (χ0) is 12.0. The third kappa shape index (κ3) is 4.20. The summed E-state index contributed by atoms with van der Waals surface area (Å²) < 4.78 is 0. The van der Waals surface area contributed by atoms with E-state index in [-0.39, 0.29) is 5.56 Å². The number of carboxylic acids is 1. The van der Waals surface area contributed by atoms with E-state index in [4.69, 9.17) is 5.11 Å². The molecule has 0 saturated carbocycles. The molecule has 0 saturated heterocycles. The van der Waals surface area contributed by atoms with Crippen molar-refractivity contribution in [2.24, 2.45) is 0 Å². The van der Waals surface area contributed by atoms with Gasteiger partial charge in [-0.15, -0.1) is 0 Å². The minimum absolute atomic E-state index is 0.223. The van der Waals surface area contributed by atoms with E-state index < -0.39 is 5.97 Å². The van der Waals surface area contributed by atoms with Gasteiger partial charge in [0.05, 0.1) is 11.3 Å². The van der Waals surface area contributed by atoms with Crippen molar-refractivity contribution in [3.8, 4) is 0 Å². The van der Waals surface area contributed by atoms with Gasteiger partial charge in [0.15, 0.2) is 0 Å². The molecule has 0 aliphatic rings. The molecule has 1 rings (SSSR count). The summed E-state index contributed by atoms with van der Waals surface area (Å²) in [5.74, 6) is -0.942. The molecule has 1 atom stereocenters. The number of hydrogen-bond acceptors (Lipinski definition) is 4. The Kier molecular flexibility index (Phi) is 5.28. The van der Waals surface area contributed by atoms with Crippen LogP contribution < -0.4 is 5.32 Å². The van der Waals surface area contributed by atoms with Crippen LogP contribution >= 0.6 is 11.8 Å². The van der Waals surface area contributed by atoms with E-state index >= 15 is 0 Å². The molecular formula is C11H16N2O2S. The van der Waals surface area contributed by atoms with Gasteiger partial charge in [-0.1, -0.05) is 6.92 Å². The van der Waals surface area contributed by atoms with Gasteiger partial charge >= 0.3 is 5.97 Å². The fourth-order valence-corrected chi connectivity index (χ4v) is 1.43. The van der Waals surface area contributed by atoms with Crippen LogP contribution in [0.2, 0.25) is 0 Å². The first kappa shape index (κ1) is 13.0. The Morgan fingerprint density at radius 1 is 1.62 bits per heavy atom. The number of hydrogen-bond donors (Lipinski definition) is 2. The highest BCUT2D eigenvalue weighted by molar-refractivity contribution is 7.99. The van der Waals surface area contributed by atoms with Gasteiger partial charge in [-0.3, -0.25) is 4.98 Å². The van der Waals surface area contributed by atoms with Crippen LogP contribution in [0.5, 0.6) is 0 Å². The molecule has 88 valence electrons. The van der Waals surface area contributed by atoms with Crippen molar-refractivity contribution in [3.63, 3.8) is 0 Å². The lowest BCUT2D eigenvalue weighted by molar-refractivity contribution is 0.0696. The van der Waals surface area contributed by atoms with Gasteiger partial charge in [0.1, 0.15) is 0 Å². The number of rotatable bonds is 6. The summed E-state index contributed by atoms with van der Waals surface area (Å²) in [6, 6.07) is 3.31. The van der Waals surface area contributed by atoms with Crippen molar-refractivity contribution in [1.29, 1.82) is 0 Å². The average molecular weight is 240 g/mol. The molecule has 16 heavy (non-hydrogen) atoms. The largest absolute Gasteiger partial charge is 0.478 e. The highest BCUT2D eigenvalue weighted by Crippen LogP contribution is 2.04. The smallest absolute Gasteiger partial charge is 0.337 e. The predicted molar refractivity (Wildman–Crippen MR) is 65.9 cm³/mol. The normalized spacial score (nSPS) is 12.4. The van der Waals surface area contributed by atoms with Gasteiger partial charge in [0.2, 0.25) is 0 Å². The average Bonchev–Trinajstić information content (AvgIpc) is 2.29. The van der Waals surface area contributed by atoms with Crippen molar-refractivity contribution in [1.82, 2.24) is 10.3 Å². The van der Waals surface area contributed by atoms with Crippen molar-refractivity contribution in [2.75, 3.05) is 12.8 Å². The van der Waals surface area contributed by atoms with E-state index in [2.05, 4.69) is 23.5 Å². The Balaban J connectivity index is 2.40. The van der Waals surface area contributed by atoms with Gasteiger partial charge < -0.3 is 10.4 Å². The lowest BCUT2D eigenvalue weighted by Gasteiger charge is -2.09. The molecule has 0 fully saturated rings. The molecule has 0 aliphatic carbocycles. The maximum Gasteiger partial charge on any atom is 0.337 e. The van der Waals surface area contributed by atoms with Crippen LogP contribution in [0.1, 0.15) is 23.0 Å². The topological polar surface area (TPSA) is 62.2 Å². The first-order valence-corrected chi connectivity index (χ1v) is 6.34. The summed E-state index contributed by atoms with van der Waals surface area (Å²) in [4.78, 5) is 14.7. The molecule has 1 unspecified atom stereocenters. The number of aromatic carboxylic acids is 1. The second kappa shape index (κ2) is 6.50. The molecule has 0 aromatic carbocycles. The first-order valence-electron chi connectivity index (χ1n) is 5.05. The number of thioether (sulfide) groups is 1. The van der Waals surface area contributed by atoms with Crippen LogP contribution in [0, 0.1) is 0 Å². The molecule has 0 radical (unpaired) electrons. The second-order valence-corrected chi connectivity index (χ2v) is 4.80. The minimum atomic E-state index is -0.942. The molecule has 5 heteroatoms. The minimum Gasteiger partial charge on any atom is -0.478 e. The quantitative estimate of drug-likeness (QED) is 0.791. The Bertz CT molecular complexity index is 340. The fourth-order valence-electron chi connectivity index (χ4n) is 1.14. The molecule has 4 nitrogen and oxygen atoms in total. The summed E-state index contributed by atoms with van der Waals surface area (Å²) in [5, 5.41) is 12.5. The Hall–Kier alpha value is -1.07. The monoisotopic (exact) mass is 240 g/mol. The van der Waals surface area contributed by atoms with Crippen LogP contribution in [0.3, 0.4) is 0 Å². The first-order chi connectivity index (χ1) is 7.63. The van der Waals surface area contributed by atoms with Gasteiger partial charge in [-0.2, -0.15) is 11.8 Å². The van der Waals surface area contributed by atoms with Crippen molar-refractivity contribution < 1.29 is 9.90 Å². The maximum absolute atomic E-state index is 10.6. The molecule has 0 aliphatic heterocycles. The SMILES string of the molecule is CSC(C)CNCc1ccc(C(=O)O)cn1. The lowest BCUT2D eigenvalue weighted by atomic mass is 10.2. The zero-order valence-electron chi connectivity index (χ0n) is 9.43. The van der Waals surface area contributed by atoms with E-state index in [0.29, 0.717) is 11.8 Å². The Morgan fingerprint density at radius 3 is 2.88 bits per heavy atom. The van der Waals surface area contributed by atoms with Gasteiger partial charge in [0, 0.05) is 24.5 Å². The molecule has 0 amide bonds. The van der Waals surface area contributed by atoms with E-state index in [1.165, 1.54) is 6.20 Å². The summed E-state index contributed by atoms with van der Waals surface area (Å²) in [5.41, 5.74) is 1.08. The third-order valence-electron chi connectivity index (χ3n) is 2.21. The zero-order valence-corrected chi connectivity index (χ0v) is 10.3. The number of nitrogens with one attached hydrogen (secondary N) is 1. The van der Waals surface area contributed by atoms with E-state index in [0.717, 1.165) is 12.2 Å². The van der Waals surface area contributed by atoms with Crippen LogP contribution in [-0.4, -0.2) is 34.1 Å². The Morgan fingerprint density at radius 2 is 2.38 bits per heavy atom. The van der Waals surface area contributed by atoms with Crippen molar-refractivity contribution in [3.05, 3.63) is 29.6 Å². The van der Waals surface area contributed by atoms with Crippen molar-refractivity contribution >= 4 is 17.7 Å². The molecule has 2 N–H and O–H groups in total. The maximum atomic E-state index is 10.6. The predicted octanol–water partition coefficient (Wildman–Crippen LogP) is 1.62. The van der Waals surface area contributed by atoms with Crippen LogP contribution in [-0.2, 0) is 6.54 Å². The summed E-state index contributed by atoms with van der Waals surface area (Å²) in [6.07, 6.45) is 3.46. The Labute approximate surface area is 99.5 Å². The molecule has 1 aromatic rings.